The Hall–Kier alpha value is -1.80. The first-order valence-corrected chi connectivity index (χ1v) is 5.39. The molecule has 0 aromatic heterocycles. The van der Waals surface area contributed by atoms with Crippen molar-refractivity contribution in [3.05, 3.63) is 54.1 Å². The van der Waals surface area contributed by atoms with Gasteiger partial charge in [-0.05, 0) is 35.9 Å². The molecule has 0 atom stereocenters. The number of anilines is 1. The average Bonchev–Trinajstić information content (AvgIpc) is 2.32. The molecule has 0 unspecified atom stereocenters. The van der Waals surface area contributed by atoms with Crippen molar-refractivity contribution in [2.24, 2.45) is 0 Å². The lowest BCUT2D eigenvalue weighted by atomic mass is 10.0. The van der Waals surface area contributed by atoms with Crippen LogP contribution in [0.15, 0.2) is 48.5 Å². The molecule has 0 aliphatic carbocycles. The van der Waals surface area contributed by atoms with Gasteiger partial charge in [0.15, 0.2) is 0 Å². The fourth-order valence-electron chi connectivity index (χ4n) is 1.69. The van der Waals surface area contributed by atoms with Crippen LogP contribution in [-0.4, -0.2) is 7.05 Å². The van der Waals surface area contributed by atoms with E-state index in [1.165, 1.54) is 16.7 Å². The Morgan fingerprint density at radius 1 is 0.875 bits per heavy atom. The largest absolute Gasteiger partial charge is 0.399 e. The predicted molar refractivity (Wildman–Crippen MR) is 69.1 cm³/mol. The van der Waals surface area contributed by atoms with E-state index in [1.807, 2.05) is 31.3 Å². The molecular weight excluding hydrogens is 196 g/mol. The van der Waals surface area contributed by atoms with Gasteiger partial charge in [-0.15, -0.1) is 0 Å². The van der Waals surface area contributed by atoms with Crippen LogP contribution >= 0.6 is 0 Å². The van der Waals surface area contributed by atoms with Gasteiger partial charge in [0.05, 0.1) is 0 Å². The lowest BCUT2D eigenvalue weighted by molar-refractivity contribution is 0.818. The molecule has 0 fully saturated rings. The number of benzene rings is 2. The van der Waals surface area contributed by atoms with E-state index in [-0.39, 0.29) is 0 Å². The lowest BCUT2D eigenvalue weighted by Crippen LogP contribution is -2.04. The maximum Gasteiger partial charge on any atom is 0.0314 e. The summed E-state index contributed by atoms with van der Waals surface area (Å²) < 4.78 is 0. The Balaban J connectivity index is 2.24. The molecule has 2 rings (SSSR count). The molecule has 0 aliphatic heterocycles. The highest BCUT2D eigenvalue weighted by Crippen LogP contribution is 2.20. The Kier molecular flexibility index (Phi) is 3.22. The smallest absolute Gasteiger partial charge is 0.0314 e. The molecule has 16 heavy (non-hydrogen) atoms. The van der Waals surface area contributed by atoms with Gasteiger partial charge in [-0.25, -0.2) is 0 Å². The minimum atomic E-state index is 0.801. The number of nitrogens with two attached hydrogens (primary N) is 1. The maximum atomic E-state index is 5.66. The molecule has 0 radical (unpaired) electrons. The summed E-state index contributed by atoms with van der Waals surface area (Å²) in [6.07, 6.45) is 0. The fraction of sp³-hybridized carbons (Fsp3) is 0.143. The van der Waals surface area contributed by atoms with Crippen molar-refractivity contribution in [1.82, 2.24) is 5.32 Å². The first-order valence-electron chi connectivity index (χ1n) is 5.39. The van der Waals surface area contributed by atoms with Gasteiger partial charge in [-0.2, -0.15) is 0 Å². The maximum absolute atomic E-state index is 5.66. The van der Waals surface area contributed by atoms with Crippen LogP contribution in [-0.2, 0) is 6.54 Å². The predicted octanol–water partition coefficient (Wildman–Crippen LogP) is 2.66. The number of nitrogen functional groups attached to an aromatic ring is 1. The van der Waals surface area contributed by atoms with Crippen LogP contribution in [0.4, 0.5) is 5.69 Å². The minimum Gasteiger partial charge on any atom is -0.399 e. The summed E-state index contributed by atoms with van der Waals surface area (Å²) in [6.45, 7) is 0.905. The third-order valence-electron chi connectivity index (χ3n) is 2.58. The van der Waals surface area contributed by atoms with Gasteiger partial charge in [0.2, 0.25) is 0 Å². The second-order valence-corrected chi connectivity index (χ2v) is 3.85. The summed E-state index contributed by atoms with van der Waals surface area (Å²) in [4.78, 5) is 0. The minimum absolute atomic E-state index is 0.801. The average molecular weight is 212 g/mol. The Morgan fingerprint density at radius 3 is 1.88 bits per heavy atom. The van der Waals surface area contributed by atoms with E-state index in [4.69, 9.17) is 5.73 Å². The number of hydrogen-bond acceptors (Lipinski definition) is 2. The molecule has 82 valence electrons. The second-order valence-electron chi connectivity index (χ2n) is 3.85. The molecule has 0 aliphatic rings. The number of nitrogens with one attached hydrogen (secondary N) is 1. The fourth-order valence-corrected chi connectivity index (χ4v) is 1.69. The highest BCUT2D eigenvalue weighted by atomic mass is 14.8. The molecule has 0 saturated heterocycles. The zero-order chi connectivity index (χ0) is 11.4. The summed E-state index contributed by atoms with van der Waals surface area (Å²) in [5.41, 5.74) is 10.2. The third-order valence-corrected chi connectivity index (χ3v) is 2.58. The topological polar surface area (TPSA) is 38.0 Å². The molecule has 0 heterocycles. The van der Waals surface area contributed by atoms with E-state index in [2.05, 4.69) is 29.6 Å². The molecular formula is C14H16N2. The van der Waals surface area contributed by atoms with Gasteiger partial charge in [0, 0.05) is 12.2 Å². The van der Waals surface area contributed by atoms with Crippen LogP contribution in [0.25, 0.3) is 11.1 Å². The monoisotopic (exact) mass is 212 g/mol. The second kappa shape index (κ2) is 4.81. The van der Waals surface area contributed by atoms with Crippen LogP contribution in [0.1, 0.15) is 5.56 Å². The standard InChI is InChI=1S/C14H16N2/c1-16-10-11-2-4-12(5-3-11)13-6-8-14(15)9-7-13/h2-9,16H,10,15H2,1H3. The van der Waals surface area contributed by atoms with Crippen molar-refractivity contribution in [2.45, 2.75) is 6.54 Å². The molecule has 0 bridgehead atoms. The van der Waals surface area contributed by atoms with E-state index in [0.29, 0.717) is 0 Å². The van der Waals surface area contributed by atoms with Crippen molar-refractivity contribution >= 4 is 5.69 Å². The number of rotatable bonds is 3. The van der Waals surface area contributed by atoms with E-state index >= 15 is 0 Å². The summed E-state index contributed by atoms with van der Waals surface area (Å²) in [5, 5.41) is 3.13. The Morgan fingerprint density at radius 2 is 1.38 bits per heavy atom. The SMILES string of the molecule is CNCc1ccc(-c2ccc(N)cc2)cc1. The molecule has 2 heteroatoms. The molecule has 2 aromatic rings. The van der Waals surface area contributed by atoms with Crippen LogP contribution in [0.5, 0.6) is 0 Å². The van der Waals surface area contributed by atoms with Gasteiger partial charge >= 0.3 is 0 Å². The highest BCUT2D eigenvalue weighted by Gasteiger charge is 1.97. The van der Waals surface area contributed by atoms with Crippen molar-refractivity contribution in [3.63, 3.8) is 0 Å². The zero-order valence-electron chi connectivity index (χ0n) is 9.40. The van der Waals surface area contributed by atoms with Crippen molar-refractivity contribution in [3.8, 4) is 11.1 Å². The van der Waals surface area contributed by atoms with E-state index < -0.39 is 0 Å². The molecule has 0 amide bonds. The quantitative estimate of drug-likeness (QED) is 0.768. The van der Waals surface area contributed by atoms with Gasteiger partial charge in [-0.1, -0.05) is 36.4 Å². The van der Waals surface area contributed by atoms with Gasteiger partial charge in [-0.3, -0.25) is 0 Å². The van der Waals surface area contributed by atoms with Gasteiger partial charge in [0.25, 0.3) is 0 Å². The lowest BCUT2D eigenvalue weighted by Gasteiger charge is -2.04. The van der Waals surface area contributed by atoms with Crippen molar-refractivity contribution in [2.75, 3.05) is 12.8 Å². The van der Waals surface area contributed by atoms with Crippen LogP contribution in [0.3, 0.4) is 0 Å². The van der Waals surface area contributed by atoms with E-state index in [9.17, 15) is 0 Å². The first kappa shape index (κ1) is 10.7. The highest BCUT2D eigenvalue weighted by molar-refractivity contribution is 5.65. The third kappa shape index (κ3) is 2.41. The normalized spacial score (nSPS) is 10.3. The van der Waals surface area contributed by atoms with E-state index in [1.54, 1.807) is 0 Å². The summed E-state index contributed by atoms with van der Waals surface area (Å²) in [5.74, 6) is 0. The molecule has 2 aromatic carbocycles. The summed E-state index contributed by atoms with van der Waals surface area (Å²) in [7, 11) is 1.95. The summed E-state index contributed by atoms with van der Waals surface area (Å²) >= 11 is 0. The first-order chi connectivity index (χ1) is 7.79. The van der Waals surface area contributed by atoms with Gasteiger partial charge in [0.1, 0.15) is 0 Å². The van der Waals surface area contributed by atoms with Crippen LogP contribution < -0.4 is 11.1 Å². The summed E-state index contributed by atoms with van der Waals surface area (Å²) in [6, 6.07) is 16.5. The van der Waals surface area contributed by atoms with Crippen LogP contribution in [0, 0.1) is 0 Å². The van der Waals surface area contributed by atoms with E-state index in [0.717, 1.165) is 12.2 Å². The zero-order valence-corrected chi connectivity index (χ0v) is 9.40. The van der Waals surface area contributed by atoms with Crippen molar-refractivity contribution < 1.29 is 0 Å². The van der Waals surface area contributed by atoms with Crippen LogP contribution in [0.2, 0.25) is 0 Å². The number of hydrogen-bond donors (Lipinski definition) is 2. The molecule has 0 saturated carbocycles. The Labute approximate surface area is 96.1 Å². The van der Waals surface area contributed by atoms with Gasteiger partial charge < -0.3 is 11.1 Å². The Bertz CT molecular complexity index is 443. The van der Waals surface area contributed by atoms with Crippen molar-refractivity contribution in [1.29, 1.82) is 0 Å². The molecule has 2 nitrogen and oxygen atoms in total. The molecule has 0 spiro atoms. The molecule has 3 N–H and O–H groups in total.